The Morgan fingerprint density at radius 3 is 2.77 bits per heavy atom. The molecule has 1 N–H and O–H groups in total. The second-order valence-electron chi connectivity index (χ2n) is 5.90. The first-order chi connectivity index (χ1) is 10.8. The molecule has 5 heteroatoms. The number of nitrogens with one attached hydrogen (secondary N) is 1. The lowest BCUT2D eigenvalue weighted by Crippen LogP contribution is -2.50. The normalized spacial score (nSPS) is 26.1. The zero-order valence-electron chi connectivity index (χ0n) is 13.5. The summed E-state index contributed by atoms with van der Waals surface area (Å²) in [6.07, 6.45) is 0.146. The molecule has 0 amide bonds. The fourth-order valence-electron chi connectivity index (χ4n) is 3.30. The van der Waals surface area contributed by atoms with Gasteiger partial charge in [0.05, 0.1) is 25.3 Å². The Bertz CT molecular complexity index is 505. The van der Waals surface area contributed by atoms with Gasteiger partial charge in [-0.25, -0.2) is 0 Å². The van der Waals surface area contributed by atoms with Gasteiger partial charge in [0.15, 0.2) is 5.96 Å². The van der Waals surface area contributed by atoms with Crippen LogP contribution >= 0.6 is 0 Å². The van der Waals surface area contributed by atoms with Crippen molar-refractivity contribution in [2.24, 2.45) is 4.99 Å². The molecule has 1 aromatic rings. The Labute approximate surface area is 133 Å². The highest BCUT2D eigenvalue weighted by atomic mass is 16.5. The van der Waals surface area contributed by atoms with Gasteiger partial charge < -0.3 is 15.0 Å². The number of nitrogens with zero attached hydrogens (tertiary/aromatic N) is 3. The van der Waals surface area contributed by atoms with Crippen LogP contribution in [-0.2, 0) is 4.74 Å². The van der Waals surface area contributed by atoms with Crippen molar-refractivity contribution in [2.45, 2.75) is 19.1 Å². The molecule has 0 spiro atoms. The minimum absolute atomic E-state index is 0.146. The summed E-state index contributed by atoms with van der Waals surface area (Å²) in [5.74, 6) is 0.990. The van der Waals surface area contributed by atoms with Gasteiger partial charge in [-0.15, -0.1) is 0 Å². The van der Waals surface area contributed by atoms with Crippen molar-refractivity contribution in [1.29, 1.82) is 0 Å². The number of likely N-dealkylation sites (N-methyl/N-ethyl adjacent to an activating group) is 2. The van der Waals surface area contributed by atoms with Crippen molar-refractivity contribution in [3.05, 3.63) is 35.9 Å². The van der Waals surface area contributed by atoms with E-state index in [1.54, 1.807) is 0 Å². The number of ether oxygens (including phenoxy) is 1. The summed E-state index contributed by atoms with van der Waals surface area (Å²) >= 11 is 0. The van der Waals surface area contributed by atoms with Crippen LogP contribution in [0.2, 0.25) is 0 Å². The van der Waals surface area contributed by atoms with Gasteiger partial charge >= 0.3 is 0 Å². The minimum atomic E-state index is 0.146. The van der Waals surface area contributed by atoms with Gasteiger partial charge in [0, 0.05) is 26.7 Å². The molecule has 1 aromatic carbocycles. The van der Waals surface area contributed by atoms with E-state index >= 15 is 0 Å². The summed E-state index contributed by atoms with van der Waals surface area (Å²) in [5.41, 5.74) is 1.33. The van der Waals surface area contributed by atoms with Crippen LogP contribution in [0.4, 0.5) is 0 Å². The van der Waals surface area contributed by atoms with Crippen molar-refractivity contribution in [3.63, 3.8) is 0 Å². The first-order valence-electron chi connectivity index (χ1n) is 8.19. The molecule has 0 saturated carbocycles. The number of morpholine rings is 1. The van der Waals surface area contributed by atoms with Gasteiger partial charge in [-0.2, -0.15) is 0 Å². The molecule has 0 bridgehead atoms. The number of hydrogen-bond donors (Lipinski definition) is 1. The van der Waals surface area contributed by atoms with Crippen LogP contribution in [0.3, 0.4) is 0 Å². The van der Waals surface area contributed by atoms with E-state index < -0.39 is 0 Å². The van der Waals surface area contributed by atoms with E-state index in [0.29, 0.717) is 6.04 Å². The Morgan fingerprint density at radius 1 is 1.27 bits per heavy atom. The Morgan fingerprint density at radius 2 is 2.09 bits per heavy atom. The highest BCUT2D eigenvalue weighted by Gasteiger charge is 2.33. The average Bonchev–Trinajstić information content (AvgIpc) is 2.98. The lowest BCUT2D eigenvalue weighted by molar-refractivity contribution is -0.0678. The van der Waals surface area contributed by atoms with E-state index in [-0.39, 0.29) is 6.10 Å². The molecule has 1 saturated heterocycles. The lowest BCUT2D eigenvalue weighted by Gasteiger charge is -2.41. The number of rotatable bonds is 4. The second-order valence-corrected chi connectivity index (χ2v) is 5.90. The molecule has 0 aromatic heterocycles. The zero-order chi connectivity index (χ0) is 15.4. The molecule has 0 aliphatic carbocycles. The Balaban J connectivity index is 1.72. The van der Waals surface area contributed by atoms with E-state index in [1.165, 1.54) is 5.56 Å². The van der Waals surface area contributed by atoms with Crippen molar-refractivity contribution >= 4 is 5.96 Å². The van der Waals surface area contributed by atoms with Crippen molar-refractivity contribution in [1.82, 2.24) is 15.1 Å². The summed E-state index contributed by atoms with van der Waals surface area (Å²) in [5, 5.41) is 3.47. The Kier molecular flexibility index (Phi) is 4.95. The van der Waals surface area contributed by atoms with Crippen molar-refractivity contribution in [3.8, 4) is 0 Å². The first-order valence-corrected chi connectivity index (χ1v) is 8.19. The standard InChI is InChI=1S/C17H26N4O/c1-3-21-11-12-22-15(13-19-17-18-9-10-20(17)2)16(21)14-7-5-4-6-8-14/h4-8,15-16H,3,9-13H2,1-2H3,(H,18,19)/t15-,16-/m0/s1. The summed E-state index contributed by atoms with van der Waals surface area (Å²) < 4.78 is 6.09. The van der Waals surface area contributed by atoms with Crippen LogP contribution < -0.4 is 5.32 Å². The van der Waals surface area contributed by atoms with E-state index in [2.05, 4.69) is 64.4 Å². The zero-order valence-corrected chi connectivity index (χ0v) is 13.5. The van der Waals surface area contributed by atoms with E-state index in [0.717, 1.165) is 45.3 Å². The summed E-state index contributed by atoms with van der Waals surface area (Å²) in [4.78, 5) is 9.17. The van der Waals surface area contributed by atoms with Crippen LogP contribution in [0.15, 0.2) is 35.3 Å². The molecule has 22 heavy (non-hydrogen) atoms. The average molecular weight is 302 g/mol. The van der Waals surface area contributed by atoms with Gasteiger partial charge in [-0.1, -0.05) is 37.3 Å². The van der Waals surface area contributed by atoms with E-state index in [9.17, 15) is 0 Å². The van der Waals surface area contributed by atoms with Crippen LogP contribution in [0, 0.1) is 0 Å². The van der Waals surface area contributed by atoms with Crippen LogP contribution in [0.25, 0.3) is 0 Å². The van der Waals surface area contributed by atoms with Gasteiger partial charge in [-0.3, -0.25) is 9.89 Å². The van der Waals surface area contributed by atoms with Gasteiger partial charge in [0.2, 0.25) is 0 Å². The molecule has 2 heterocycles. The van der Waals surface area contributed by atoms with Crippen molar-refractivity contribution < 1.29 is 4.74 Å². The van der Waals surface area contributed by atoms with Gasteiger partial charge in [0.1, 0.15) is 0 Å². The van der Waals surface area contributed by atoms with Gasteiger partial charge in [-0.05, 0) is 12.1 Å². The quantitative estimate of drug-likeness (QED) is 0.911. The number of guanidine groups is 1. The maximum Gasteiger partial charge on any atom is 0.193 e. The maximum atomic E-state index is 6.09. The summed E-state index contributed by atoms with van der Waals surface area (Å²) in [6.45, 7) is 7.73. The fraction of sp³-hybridized carbons (Fsp3) is 0.588. The molecular formula is C17H26N4O. The van der Waals surface area contributed by atoms with Crippen molar-refractivity contribution in [2.75, 3.05) is 46.4 Å². The topological polar surface area (TPSA) is 40.1 Å². The van der Waals surface area contributed by atoms with Crippen LogP contribution in [0.1, 0.15) is 18.5 Å². The van der Waals surface area contributed by atoms with E-state index in [4.69, 9.17) is 4.74 Å². The maximum absolute atomic E-state index is 6.09. The highest BCUT2D eigenvalue weighted by Crippen LogP contribution is 2.29. The molecule has 3 rings (SSSR count). The van der Waals surface area contributed by atoms with Crippen LogP contribution in [0.5, 0.6) is 0 Å². The molecule has 2 aliphatic heterocycles. The summed E-state index contributed by atoms with van der Waals surface area (Å²) in [7, 11) is 2.08. The molecule has 120 valence electrons. The number of aliphatic imine (C=N–C) groups is 1. The minimum Gasteiger partial charge on any atom is -0.373 e. The molecule has 2 aliphatic rings. The smallest absolute Gasteiger partial charge is 0.193 e. The van der Waals surface area contributed by atoms with E-state index in [1.807, 2.05) is 0 Å². The lowest BCUT2D eigenvalue weighted by atomic mass is 9.98. The largest absolute Gasteiger partial charge is 0.373 e. The summed E-state index contributed by atoms with van der Waals surface area (Å²) in [6, 6.07) is 11.0. The highest BCUT2D eigenvalue weighted by molar-refractivity contribution is 5.81. The third kappa shape index (κ3) is 3.25. The predicted molar refractivity (Wildman–Crippen MR) is 89.1 cm³/mol. The Hall–Kier alpha value is -1.59. The molecule has 5 nitrogen and oxygen atoms in total. The molecule has 0 radical (unpaired) electrons. The fourth-order valence-corrected chi connectivity index (χ4v) is 3.30. The molecular weight excluding hydrogens is 276 g/mol. The molecule has 2 atom stereocenters. The SMILES string of the molecule is CCN1CCO[C@@H](CNC2=NCCN2C)[C@@H]1c1ccccc1. The molecule has 0 unspecified atom stereocenters. The first kappa shape index (κ1) is 15.3. The monoisotopic (exact) mass is 302 g/mol. The third-order valence-electron chi connectivity index (χ3n) is 4.52. The van der Waals surface area contributed by atoms with Crippen LogP contribution in [-0.4, -0.2) is 68.2 Å². The number of hydrogen-bond acceptors (Lipinski definition) is 5. The van der Waals surface area contributed by atoms with Gasteiger partial charge in [0.25, 0.3) is 0 Å². The number of benzene rings is 1. The predicted octanol–water partition coefficient (Wildman–Crippen LogP) is 1.34. The molecule has 1 fully saturated rings. The second kappa shape index (κ2) is 7.11. The third-order valence-corrected chi connectivity index (χ3v) is 4.52.